The highest BCUT2D eigenvalue weighted by Gasteiger charge is 2.44. The first kappa shape index (κ1) is 18.4. The number of fused-ring (bicyclic) bond motifs is 1. The van der Waals surface area contributed by atoms with Crippen LogP contribution in [0.15, 0.2) is 54.6 Å². The van der Waals surface area contributed by atoms with Gasteiger partial charge in [0.1, 0.15) is 12.1 Å². The fourth-order valence-corrected chi connectivity index (χ4v) is 3.74. The van der Waals surface area contributed by atoms with Gasteiger partial charge in [-0.05, 0) is 30.5 Å². The molecule has 1 amide bonds. The number of hydrogen-bond acceptors (Lipinski definition) is 4. The minimum absolute atomic E-state index is 0. The van der Waals surface area contributed by atoms with Gasteiger partial charge in [0.2, 0.25) is 5.91 Å². The third-order valence-electron chi connectivity index (χ3n) is 5.13. The number of amides is 1. The van der Waals surface area contributed by atoms with Gasteiger partial charge in [-0.3, -0.25) is 4.79 Å². The second-order valence-electron chi connectivity index (χ2n) is 6.76. The van der Waals surface area contributed by atoms with Gasteiger partial charge in [-0.2, -0.15) is 0 Å². The maximum atomic E-state index is 12.4. The van der Waals surface area contributed by atoms with Crippen LogP contribution in [0.2, 0.25) is 0 Å². The molecule has 1 aliphatic carbocycles. The predicted octanol–water partition coefficient (Wildman–Crippen LogP) is 2.03. The van der Waals surface area contributed by atoms with Crippen LogP contribution in [-0.2, 0) is 16.8 Å². The zero-order valence-electron chi connectivity index (χ0n) is 14.3. The van der Waals surface area contributed by atoms with Crippen molar-refractivity contribution in [1.82, 2.24) is 20.3 Å². The zero-order valence-corrected chi connectivity index (χ0v) is 15.2. The molecule has 0 aliphatic heterocycles. The highest BCUT2D eigenvalue weighted by atomic mass is 35.5. The second-order valence-corrected chi connectivity index (χ2v) is 6.76. The number of rotatable bonds is 5. The van der Waals surface area contributed by atoms with E-state index in [1.54, 1.807) is 4.68 Å². The number of nitrogens with zero attached hydrogens (tertiary/aromatic N) is 3. The molecule has 26 heavy (non-hydrogen) atoms. The summed E-state index contributed by atoms with van der Waals surface area (Å²) in [4.78, 5) is 12.4. The second kappa shape index (κ2) is 7.43. The summed E-state index contributed by atoms with van der Waals surface area (Å²) in [6.07, 6.45) is 1.74. The Morgan fingerprint density at radius 1 is 1.15 bits per heavy atom. The zero-order chi connectivity index (χ0) is 17.3. The number of aromatic nitrogens is 3. The first-order chi connectivity index (χ1) is 12.2. The van der Waals surface area contributed by atoms with Crippen LogP contribution in [0.25, 0.3) is 11.0 Å². The average Bonchev–Trinajstić information content (AvgIpc) is 3.01. The van der Waals surface area contributed by atoms with Crippen molar-refractivity contribution < 1.29 is 4.79 Å². The Labute approximate surface area is 158 Å². The van der Waals surface area contributed by atoms with E-state index in [0.29, 0.717) is 6.54 Å². The smallest absolute Gasteiger partial charge is 0.242 e. The number of halogens is 1. The van der Waals surface area contributed by atoms with Crippen molar-refractivity contribution in [3.63, 3.8) is 0 Å². The van der Waals surface area contributed by atoms with Crippen molar-refractivity contribution in [2.24, 2.45) is 5.73 Å². The molecule has 1 aliphatic rings. The molecule has 1 heterocycles. The molecule has 0 radical (unpaired) electrons. The van der Waals surface area contributed by atoms with Gasteiger partial charge in [-0.1, -0.05) is 47.7 Å². The van der Waals surface area contributed by atoms with Crippen LogP contribution in [-0.4, -0.2) is 33.5 Å². The van der Waals surface area contributed by atoms with Gasteiger partial charge in [0, 0.05) is 18.0 Å². The fraction of sp³-hybridized carbons (Fsp3) is 0.316. The third kappa shape index (κ3) is 3.30. The van der Waals surface area contributed by atoms with E-state index in [9.17, 15) is 4.79 Å². The van der Waals surface area contributed by atoms with E-state index in [0.717, 1.165) is 23.9 Å². The van der Waals surface area contributed by atoms with E-state index >= 15 is 0 Å². The summed E-state index contributed by atoms with van der Waals surface area (Å²) >= 11 is 0. The van der Waals surface area contributed by atoms with Crippen LogP contribution >= 0.6 is 12.4 Å². The lowest BCUT2D eigenvalue weighted by Gasteiger charge is -2.47. The summed E-state index contributed by atoms with van der Waals surface area (Å²) < 4.78 is 1.64. The van der Waals surface area contributed by atoms with E-state index in [1.165, 1.54) is 5.56 Å². The van der Waals surface area contributed by atoms with Crippen LogP contribution in [0.4, 0.5) is 0 Å². The van der Waals surface area contributed by atoms with Crippen LogP contribution in [0.3, 0.4) is 0 Å². The molecule has 2 aromatic carbocycles. The molecule has 0 unspecified atom stereocenters. The van der Waals surface area contributed by atoms with Crippen molar-refractivity contribution in [1.29, 1.82) is 0 Å². The maximum Gasteiger partial charge on any atom is 0.242 e. The van der Waals surface area contributed by atoms with Gasteiger partial charge in [0.05, 0.1) is 5.52 Å². The van der Waals surface area contributed by atoms with E-state index in [1.807, 2.05) is 42.5 Å². The number of para-hydroxylation sites is 1. The van der Waals surface area contributed by atoms with E-state index in [-0.39, 0.29) is 36.3 Å². The minimum Gasteiger partial charge on any atom is -0.352 e. The summed E-state index contributed by atoms with van der Waals surface area (Å²) in [6.45, 7) is 0.773. The van der Waals surface area contributed by atoms with Crippen LogP contribution < -0.4 is 11.1 Å². The maximum absolute atomic E-state index is 12.4. The normalized spacial score (nSPS) is 21.7. The summed E-state index contributed by atoms with van der Waals surface area (Å²) in [5, 5.41) is 11.2. The Hall–Kier alpha value is -2.44. The topological polar surface area (TPSA) is 85.8 Å². The molecule has 4 rings (SSSR count). The van der Waals surface area contributed by atoms with Crippen LogP contribution in [0.1, 0.15) is 18.4 Å². The fourth-order valence-electron chi connectivity index (χ4n) is 3.74. The molecular formula is C19H22ClN5O. The lowest BCUT2D eigenvalue weighted by atomic mass is 9.61. The highest BCUT2D eigenvalue weighted by molar-refractivity contribution is 5.85. The molecule has 0 spiro atoms. The van der Waals surface area contributed by atoms with Crippen LogP contribution in [0.5, 0.6) is 0 Å². The number of nitrogens with one attached hydrogen (secondary N) is 1. The molecular weight excluding hydrogens is 350 g/mol. The Morgan fingerprint density at radius 3 is 2.58 bits per heavy atom. The molecule has 7 heteroatoms. The van der Waals surface area contributed by atoms with E-state index in [2.05, 4.69) is 27.8 Å². The molecule has 3 aromatic rings. The molecule has 1 saturated carbocycles. The number of nitrogens with two attached hydrogens (primary N) is 1. The monoisotopic (exact) mass is 371 g/mol. The van der Waals surface area contributed by atoms with Crippen LogP contribution in [0, 0.1) is 0 Å². The first-order valence-corrected chi connectivity index (χ1v) is 8.53. The Balaban J connectivity index is 0.00000196. The number of carbonyl (C=O) groups excluding carboxylic acids is 1. The Bertz CT molecular complexity index is 889. The highest BCUT2D eigenvalue weighted by Crippen LogP contribution is 2.43. The van der Waals surface area contributed by atoms with Gasteiger partial charge < -0.3 is 11.1 Å². The van der Waals surface area contributed by atoms with Gasteiger partial charge in [-0.25, -0.2) is 4.68 Å². The summed E-state index contributed by atoms with van der Waals surface area (Å²) in [5.41, 5.74) is 8.93. The predicted molar refractivity (Wildman–Crippen MR) is 103 cm³/mol. The molecule has 3 N–H and O–H groups in total. The summed E-state index contributed by atoms with van der Waals surface area (Å²) in [6, 6.07) is 18.1. The number of benzene rings is 2. The minimum atomic E-state index is -0.0423. The van der Waals surface area contributed by atoms with Gasteiger partial charge in [0.15, 0.2) is 0 Å². The quantitative estimate of drug-likeness (QED) is 0.718. The first-order valence-electron chi connectivity index (χ1n) is 8.53. The molecule has 0 atom stereocenters. The number of carbonyl (C=O) groups is 1. The standard InChI is InChI=1S/C19H21N5O.ClH/c20-13-19(14-6-2-1-3-7-14)10-15(11-19)21-18(25)12-24-17-9-5-4-8-16(17)22-23-24;/h1-9,15H,10-13,20H2,(H,21,25);1H. The Kier molecular flexibility index (Phi) is 5.25. The SMILES string of the molecule is Cl.NCC1(c2ccccc2)CC(NC(=O)Cn2nnc3ccccc32)C1. The van der Waals surface area contributed by atoms with Gasteiger partial charge >= 0.3 is 0 Å². The third-order valence-corrected chi connectivity index (χ3v) is 5.13. The van der Waals surface area contributed by atoms with Crippen molar-refractivity contribution in [2.75, 3.05) is 6.54 Å². The van der Waals surface area contributed by atoms with E-state index < -0.39 is 0 Å². The molecule has 136 valence electrons. The van der Waals surface area contributed by atoms with Crippen molar-refractivity contribution in [3.8, 4) is 0 Å². The largest absolute Gasteiger partial charge is 0.352 e. The number of hydrogen-bond donors (Lipinski definition) is 2. The average molecular weight is 372 g/mol. The van der Waals surface area contributed by atoms with Gasteiger partial charge in [-0.15, -0.1) is 17.5 Å². The molecule has 1 aromatic heterocycles. The molecule has 6 nitrogen and oxygen atoms in total. The summed E-state index contributed by atoms with van der Waals surface area (Å²) in [7, 11) is 0. The molecule has 0 saturated heterocycles. The lowest BCUT2D eigenvalue weighted by Crippen LogP contribution is -2.56. The van der Waals surface area contributed by atoms with Crippen molar-refractivity contribution in [3.05, 3.63) is 60.2 Å². The van der Waals surface area contributed by atoms with E-state index in [4.69, 9.17) is 5.73 Å². The lowest BCUT2D eigenvalue weighted by molar-refractivity contribution is -0.123. The van der Waals surface area contributed by atoms with Crippen molar-refractivity contribution >= 4 is 29.3 Å². The molecule has 1 fully saturated rings. The van der Waals surface area contributed by atoms with Gasteiger partial charge in [0.25, 0.3) is 0 Å². The Morgan fingerprint density at radius 2 is 1.85 bits per heavy atom. The molecule has 0 bridgehead atoms. The summed E-state index contributed by atoms with van der Waals surface area (Å²) in [5.74, 6) is -0.0423. The van der Waals surface area contributed by atoms with Crippen molar-refractivity contribution in [2.45, 2.75) is 30.8 Å².